The largest absolute Gasteiger partial charge is 0.345 e. The molecule has 7 heteroatoms. The van der Waals surface area contributed by atoms with Gasteiger partial charge in [-0.3, -0.25) is 0 Å². The third kappa shape index (κ3) is 3.24. The second kappa shape index (κ2) is 6.42. The molecule has 0 saturated carbocycles. The van der Waals surface area contributed by atoms with E-state index in [0.29, 0.717) is 19.7 Å². The normalized spacial score (nSPS) is 8.67. The van der Waals surface area contributed by atoms with Gasteiger partial charge in [0.2, 0.25) is 0 Å². The Bertz CT molecular complexity index is 607. The van der Waals surface area contributed by atoms with Gasteiger partial charge in [0.15, 0.2) is 5.57 Å². The number of allylic oxidation sites excluding steroid dienone is 2. The summed E-state index contributed by atoms with van der Waals surface area (Å²) in [5.41, 5.74) is 0.138. The molecule has 1 rings (SSSR count). The van der Waals surface area contributed by atoms with E-state index in [-0.39, 0.29) is 11.3 Å². The van der Waals surface area contributed by atoms with Crippen molar-refractivity contribution in [3.63, 3.8) is 0 Å². The maximum absolute atomic E-state index is 8.89. The molecule has 0 aromatic heterocycles. The Morgan fingerprint density at radius 3 is 1.94 bits per heavy atom. The van der Waals surface area contributed by atoms with E-state index < -0.39 is 0 Å². The Kier molecular flexibility index (Phi) is 5.19. The van der Waals surface area contributed by atoms with Gasteiger partial charge in [0, 0.05) is 14.6 Å². The first-order valence-electron chi connectivity index (χ1n) is 4.39. The average molecular weight is 386 g/mol. The van der Waals surface area contributed by atoms with E-state index in [1.54, 1.807) is 30.3 Å². The van der Waals surface area contributed by atoms with Gasteiger partial charge in [0.25, 0.3) is 0 Å². The zero-order valence-corrected chi connectivity index (χ0v) is 12.6. The predicted octanol–water partition coefficient (Wildman–Crippen LogP) is 4.10. The van der Waals surface area contributed by atoms with Gasteiger partial charge >= 0.3 is 0 Å². The van der Waals surface area contributed by atoms with Crippen molar-refractivity contribution in [2.75, 3.05) is 5.32 Å². The summed E-state index contributed by atoms with van der Waals surface area (Å²) in [5, 5.41) is 29.5. The Morgan fingerprint density at radius 1 is 1.06 bits per heavy atom. The average Bonchev–Trinajstić information content (AvgIpc) is 2.35. The van der Waals surface area contributed by atoms with Gasteiger partial charge in [-0.05, 0) is 44.0 Å². The number of hydrogen-bond acceptors (Lipinski definition) is 4. The molecule has 0 bridgehead atoms. The summed E-state index contributed by atoms with van der Waals surface area (Å²) in [4.78, 5) is 0. The maximum Gasteiger partial charge on any atom is 0.163 e. The van der Waals surface area contributed by atoms with Crippen LogP contribution in [0.5, 0.6) is 0 Å². The molecule has 0 saturated heterocycles. The van der Waals surface area contributed by atoms with Crippen LogP contribution in [0.15, 0.2) is 32.3 Å². The predicted molar refractivity (Wildman–Crippen MR) is 74.3 cm³/mol. The number of nitrogens with one attached hydrogen (secondary N) is 1. The summed E-state index contributed by atoms with van der Waals surface area (Å²) in [6.45, 7) is 0. The first kappa shape index (κ1) is 14.5. The first-order chi connectivity index (χ1) is 8.53. The number of hydrogen-bond donors (Lipinski definition) is 1. The summed E-state index contributed by atoms with van der Waals surface area (Å²) < 4.78 is 1.24. The van der Waals surface area contributed by atoms with Crippen molar-refractivity contribution < 1.29 is 0 Å². The Hall–Kier alpha value is -1.52. The van der Waals surface area contributed by atoms with Crippen LogP contribution in [-0.4, -0.2) is 0 Å². The Labute approximate surface area is 125 Å². The lowest BCUT2D eigenvalue weighted by Gasteiger charge is -2.07. The van der Waals surface area contributed by atoms with Crippen molar-refractivity contribution in [3.05, 3.63) is 37.4 Å². The molecule has 4 nitrogen and oxygen atoms in total. The number of anilines is 1. The fourth-order valence-corrected chi connectivity index (χ4v) is 2.35. The molecule has 0 amide bonds. The van der Waals surface area contributed by atoms with Crippen LogP contribution in [-0.2, 0) is 0 Å². The van der Waals surface area contributed by atoms with Crippen LogP contribution in [0.1, 0.15) is 0 Å². The highest BCUT2D eigenvalue weighted by atomic mass is 79.9. The van der Waals surface area contributed by atoms with Crippen LogP contribution in [0.3, 0.4) is 0 Å². The fourth-order valence-electron chi connectivity index (χ4n) is 1.06. The molecule has 1 aromatic rings. The van der Waals surface area contributed by atoms with Gasteiger partial charge in [-0.15, -0.1) is 0 Å². The van der Waals surface area contributed by atoms with Crippen molar-refractivity contribution in [3.8, 4) is 18.2 Å². The van der Waals surface area contributed by atoms with Crippen molar-refractivity contribution in [2.24, 2.45) is 0 Å². The molecule has 0 spiro atoms. The zero-order valence-electron chi connectivity index (χ0n) is 8.63. The minimum absolute atomic E-state index is 0.110. The standard InChI is InChI=1S/C11H3Br2ClN4/c12-8-1-7(2-9(13)11(8)14)18-10(5-17)6(3-15)4-16/h1-2,18H. The van der Waals surface area contributed by atoms with Gasteiger partial charge in [-0.25, -0.2) is 0 Å². The van der Waals surface area contributed by atoms with Crippen molar-refractivity contribution >= 4 is 49.1 Å². The van der Waals surface area contributed by atoms with E-state index in [4.69, 9.17) is 27.4 Å². The minimum atomic E-state index is -0.278. The van der Waals surface area contributed by atoms with Gasteiger partial charge in [-0.2, -0.15) is 15.8 Å². The SMILES string of the molecule is N#CC(C#N)=C(C#N)Nc1cc(Br)c(Cl)c(Br)c1. The van der Waals surface area contributed by atoms with Crippen LogP contribution in [0, 0.1) is 34.0 Å². The van der Waals surface area contributed by atoms with Crippen molar-refractivity contribution in [1.82, 2.24) is 0 Å². The van der Waals surface area contributed by atoms with E-state index in [9.17, 15) is 0 Å². The van der Waals surface area contributed by atoms with Crippen LogP contribution in [0.4, 0.5) is 5.69 Å². The molecule has 0 aliphatic rings. The summed E-state index contributed by atoms with van der Waals surface area (Å²) in [7, 11) is 0. The van der Waals surface area contributed by atoms with E-state index in [2.05, 4.69) is 37.2 Å². The number of nitriles is 3. The van der Waals surface area contributed by atoms with E-state index in [1.165, 1.54) is 0 Å². The van der Waals surface area contributed by atoms with Crippen molar-refractivity contribution in [2.45, 2.75) is 0 Å². The lowest BCUT2D eigenvalue weighted by atomic mass is 10.2. The zero-order chi connectivity index (χ0) is 13.7. The first-order valence-corrected chi connectivity index (χ1v) is 6.36. The van der Waals surface area contributed by atoms with Crippen LogP contribution < -0.4 is 5.32 Å². The number of rotatable bonds is 2. The second-order valence-corrected chi connectivity index (χ2v) is 5.05. The fraction of sp³-hybridized carbons (Fsp3) is 0. The van der Waals surface area contributed by atoms with Gasteiger partial charge in [-0.1, -0.05) is 11.6 Å². The maximum atomic E-state index is 8.89. The third-order valence-corrected chi connectivity index (χ3v) is 3.95. The molecule has 0 aliphatic carbocycles. The molecule has 0 radical (unpaired) electrons. The number of halogens is 3. The van der Waals surface area contributed by atoms with Gasteiger partial charge in [0.1, 0.15) is 23.9 Å². The highest BCUT2D eigenvalue weighted by molar-refractivity contribution is 9.11. The third-order valence-electron chi connectivity index (χ3n) is 1.84. The van der Waals surface area contributed by atoms with E-state index >= 15 is 0 Å². The molecule has 18 heavy (non-hydrogen) atoms. The van der Waals surface area contributed by atoms with Crippen LogP contribution >= 0.6 is 43.5 Å². The Balaban J connectivity index is 3.22. The summed E-state index contributed by atoms with van der Waals surface area (Å²) >= 11 is 12.4. The number of benzene rings is 1. The highest BCUT2D eigenvalue weighted by Gasteiger charge is 2.09. The molecule has 1 aromatic carbocycles. The molecule has 0 unspecified atom stereocenters. The van der Waals surface area contributed by atoms with Crippen molar-refractivity contribution in [1.29, 1.82) is 15.8 Å². The molecule has 88 valence electrons. The Morgan fingerprint density at radius 2 is 1.56 bits per heavy atom. The lowest BCUT2D eigenvalue weighted by Crippen LogP contribution is -2.00. The molecule has 0 heterocycles. The summed E-state index contributed by atoms with van der Waals surface area (Å²) in [5.74, 6) is 0. The van der Waals surface area contributed by atoms with Crippen LogP contribution in [0.25, 0.3) is 0 Å². The molecule has 0 aliphatic heterocycles. The molecular weight excluding hydrogens is 383 g/mol. The van der Waals surface area contributed by atoms with Crippen LogP contribution in [0.2, 0.25) is 5.02 Å². The minimum Gasteiger partial charge on any atom is -0.345 e. The lowest BCUT2D eigenvalue weighted by molar-refractivity contribution is 1.37. The molecular formula is C11H3Br2ClN4. The summed E-state index contributed by atoms with van der Waals surface area (Å²) in [6, 6.07) is 8.33. The molecule has 0 atom stereocenters. The molecule has 0 fully saturated rings. The number of nitrogens with zero attached hydrogens (tertiary/aromatic N) is 3. The monoisotopic (exact) mass is 384 g/mol. The highest BCUT2D eigenvalue weighted by Crippen LogP contribution is 2.34. The van der Waals surface area contributed by atoms with Gasteiger partial charge < -0.3 is 5.32 Å². The quantitative estimate of drug-likeness (QED) is 0.613. The van der Waals surface area contributed by atoms with E-state index in [1.807, 2.05) is 0 Å². The second-order valence-electron chi connectivity index (χ2n) is 2.96. The smallest absolute Gasteiger partial charge is 0.163 e. The summed E-state index contributed by atoms with van der Waals surface area (Å²) in [6.07, 6.45) is 0. The van der Waals surface area contributed by atoms with Gasteiger partial charge in [0.05, 0.1) is 5.02 Å². The van der Waals surface area contributed by atoms with E-state index in [0.717, 1.165) is 0 Å². The topological polar surface area (TPSA) is 83.4 Å². The molecule has 1 N–H and O–H groups in total.